The molecule has 0 fully saturated rings. The molecular formula is C28H20N2O4. The van der Waals surface area contributed by atoms with Gasteiger partial charge in [0.25, 0.3) is 11.2 Å². The van der Waals surface area contributed by atoms with Gasteiger partial charge in [-0.1, -0.05) is 54.6 Å². The Bertz CT molecular complexity index is 1620. The van der Waals surface area contributed by atoms with Gasteiger partial charge in [-0.25, -0.2) is 0 Å². The molecule has 1 aliphatic carbocycles. The van der Waals surface area contributed by atoms with Crippen molar-refractivity contribution in [2.24, 2.45) is 0 Å². The maximum absolute atomic E-state index is 12.0. The smallest absolute Gasteiger partial charge is 0.260 e. The first kappa shape index (κ1) is 21.0. The zero-order valence-corrected chi connectivity index (χ0v) is 18.0. The predicted octanol–water partition coefficient (Wildman–Crippen LogP) is 5.82. The fourth-order valence-corrected chi connectivity index (χ4v) is 3.76. The molecule has 0 aromatic heterocycles. The van der Waals surface area contributed by atoms with Crippen molar-refractivity contribution in [3.8, 4) is 17.2 Å². The van der Waals surface area contributed by atoms with Crippen molar-refractivity contribution in [1.82, 2.24) is 0 Å². The largest absolute Gasteiger partial charge is 0.618 e. The summed E-state index contributed by atoms with van der Waals surface area (Å²) in [6.45, 7) is 0. The van der Waals surface area contributed by atoms with E-state index in [1.54, 1.807) is 0 Å². The van der Waals surface area contributed by atoms with Gasteiger partial charge in [-0.15, -0.1) is 0 Å². The minimum absolute atomic E-state index is 0.00104. The summed E-state index contributed by atoms with van der Waals surface area (Å²) in [4.78, 5) is 11.2. The molecule has 6 heteroatoms. The quantitative estimate of drug-likeness (QED) is 0.198. The molecule has 6 rings (SSSR count). The molecule has 0 spiro atoms. The third-order valence-corrected chi connectivity index (χ3v) is 5.37. The number of rotatable bonds is 2. The van der Waals surface area contributed by atoms with E-state index < -0.39 is 0 Å². The second-order valence-electron chi connectivity index (χ2n) is 7.70. The molecule has 4 aromatic carbocycles. The van der Waals surface area contributed by atoms with Crippen molar-refractivity contribution < 1.29 is 14.3 Å². The number of aromatic nitrogens is 1. The third kappa shape index (κ3) is 4.25. The lowest BCUT2D eigenvalue weighted by Gasteiger charge is -2.09. The van der Waals surface area contributed by atoms with Gasteiger partial charge in [0.05, 0.1) is 0 Å². The number of phenolic OH excluding ortho intramolecular Hbond substituents is 1. The van der Waals surface area contributed by atoms with Gasteiger partial charge in [0.15, 0.2) is 5.43 Å². The Morgan fingerprint density at radius 2 is 1.56 bits per heavy atom. The van der Waals surface area contributed by atoms with E-state index in [1.807, 2.05) is 18.2 Å². The Hall–Kier alpha value is -4.84. The van der Waals surface area contributed by atoms with Crippen LogP contribution in [0.1, 0.15) is 0 Å². The third-order valence-electron chi connectivity index (χ3n) is 5.37. The van der Waals surface area contributed by atoms with E-state index >= 15 is 0 Å². The average Bonchev–Trinajstić information content (AvgIpc) is 2.85. The van der Waals surface area contributed by atoms with Crippen molar-refractivity contribution >= 4 is 33.2 Å². The van der Waals surface area contributed by atoms with Crippen molar-refractivity contribution in [3.63, 3.8) is 0 Å². The number of hydrogen-bond acceptors (Lipinski definition) is 5. The topological polar surface area (TPSA) is 89.4 Å². The van der Waals surface area contributed by atoms with E-state index in [1.165, 1.54) is 47.2 Å². The molecule has 2 N–H and O–H groups in total. The monoisotopic (exact) mass is 448 g/mol. The number of nitrogens with zero attached hydrogens (tertiary/aromatic N) is 1. The van der Waals surface area contributed by atoms with Gasteiger partial charge in [-0.2, -0.15) is 4.73 Å². The van der Waals surface area contributed by atoms with Crippen molar-refractivity contribution in [3.05, 3.63) is 125 Å². The lowest BCUT2D eigenvalue weighted by molar-refractivity contribution is -0.566. The van der Waals surface area contributed by atoms with Gasteiger partial charge < -0.3 is 20.0 Å². The summed E-state index contributed by atoms with van der Waals surface area (Å²) in [7, 11) is 0. The highest BCUT2D eigenvalue weighted by atomic mass is 16.5. The fraction of sp³-hybridized carbons (Fsp3) is 0. The zero-order chi connectivity index (χ0) is 23.5. The van der Waals surface area contributed by atoms with Gasteiger partial charge in [0, 0.05) is 41.0 Å². The van der Waals surface area contributed by atoms with E-state index in [0.29, 0.717) is 10.2 Å². The molecule has 1 aliphatic heterocycles. The number of benzene rings is 5. The predicted molar refractivity (Wildman–Crippen MR) is 133 cm³/mol. The van der Waals surface area contributed by atoms with Gasteiger partial charge in [0.1, 0.15) is 5.75 Å². The number of aromatic hydroxyl groups is 1. The first-order valence-corrected chi connectivity index (χ1v) is 10.7. The summed E-state index contributed by atoms with van der Waals surface area (Å²) < 4.78 is 6.08. The second kappa shape index (κ2) is 8.96. The normalized spacial score (nSPS) is 10.7. The molecule has 0 amide bonds. The minimum atomic E-state index is -0.235. The molecule has 0 radical (unpaired) electrons. The highest BCUT2D eigenvalue weighted by Crippen LogP contribution is 2.26. The number of fused-ring (bicyclic) bond motifs is 3. The van der Waals surface area contributed by atoms with E-state index in [2.05, 4.69) is 59.9 Å². The maximum Gasteiger partial charge on any atom is 0.260 e. The lowest BCUT2D eigenvalue weighted by Crippen LogP contribution is -2.31. The first-order chi connectivity index (χ1) is 16.6. The molecule has 6 nitrogen and oxygen atoms in total. The first-order valence-electron chi connectivity index (χ1n) is 10.7. The van der Waals surface area contributed by atoms with Crippen LogP contribution in [-0.4, -0.2) is 5.11 Å². The van der Waals surface area contributed by atoms with Crippen molar-refractivity contribution in [2.45, 2.75) is 0 Å². The van der Waals surface area contributed by atoms with Crippen molar-refractivity contribution in [2.75, 3.05) is 5.32 Å². The Morgan fingerprint density at radius 3 is 2.41 bits per heavy atom. The van der Waals surface area contributed by atoms with Crippen LogP contribution >= 0.6 is 0 Å². The molecule has 166 valence electrons. The molecule has 0 bridgehead atoms. The van der Waals surface area contributed by atoms with Crippen LogP contribution in [0.25, 0.3) is 33.3 Å². The lowest BCUT2D eigenvalue weighted by atomic mass is 10.1. The summed E-state index contributed by atoms with van der Waals surface area (Å²) in [5.74, 6) is 0.199. The molecule has 1 heterocycles. The van der Waals surface area contributed by atoms with Crippen LogP contribution in [0.4, 0.5) is 11.4 Å². The Labute approximate surface area is 194 Å². The average molecular weight is 448 g/mol. The summed E-state index contributed by atoms with van der Waals surface area (Å²) >= 11 is 0. The zero-order valence-electron chi connectivity index (χ0n) is 18.0. The number of phenols is 1. The molecule has 0 saturated carbocycles. The van der Waals surface area contributed by atoms with Crippen LogP contribution in [0.15, 0.2) is 118 Å². The van der Waals surface area contributed by atoms with E-state index in [4.69, 9.17) is 4.42 Å². The van der Waals surface area contributed by atoms with Crippen LogP contribution in [-0.2, 0) is 0 Å². The summed E-state index contributed by atoms with van der Waals surface area (Å²) in [6.07, 6.45) is 0. The van der Waals surface area contributed by atoms with Crippen LogP contribution < -0.4 is 15.5 Å². The SMILES string of the molecule is O=c1ccc2[n+]([O-])c3ccc(O)cc3oc-2c1.c1ccc(Nc2cccc3ccccc23)cc1. The van der Waals surface area contributed by atoms with E-state index in [9.17, 15) is 15.1 Å². The molecule has 0 unspecified atom stereocenters. The maximum atomic E-state index is 12.0. The van der Waals surface area contributed by atoms with Crippen LogP contribution in [0.3, 0.4) is 0 Å². The summed E-state index contributed by atoms with van der Waals surface area (Å²) in [6, 6.07) is 33.1. The van der Waals surface area contributed by atoms with E-state index in [-0.39, 0.29) is 28.2 Å². The highest BCUT2D eigenvalue weighted by molar-refractivity contribution is 5.95. The summed E-state index contributed by atoms with van der Waals surface area (Å²) in [5, 5.41) is 27.3. The molecule has 4 aromatic rings. The molecule has 0 atom stereocenters. The van der Waals surface area contributed by atoms with Gasteiger partial charge in [0.2, 0.25) is 11.3 Å². The van der Waals surface area contributed by atoms with Gasteiger partial charge in [-0.3, -0.25) is 4.79 Å². The number of anilines is 2. The number of para-hydroxylation sites is 1. The number of nitrogens with one attached hydrogen (secondary N) is 1. The van der Waals surface area contributed by atoms with Crippen molar-refractivity contribution in [1.29, 1.82) is 0 Å². The fourth-order valence-electron chi connectivity index (χ4n) is 3.76. The molecular weight excluding hydrogens is 428 g/mol. The van der Waals surface area contributed by atoms with Crippen LogP contribution in [0, 0.1) is 5.21 Å². The Balaban J connectivity index is 0.000000142. The van der Waals surface area contributed by atoms with E-state index in [0.717, 1.165) is 11.4 Å². The van der Waals surface area contributed by atoms with Gasteiger partial charge >= 0.3 is 0 Å². The molecule has 2 aliphatic rings. The minimum Gasteiger partial charge on any atom is -0.618 e. The second-order valence-corrected chi connectivity index (χ2v) is 7.70. The Morgan fingerprint density at radius 1 is 0.794 bits per heavy atom. The number of hydrogen-bond donors (Lipinski definition) is 2. The molecule has 34 heavy (non-hydrogen) atoms. The van der Waals surface area contributed by atoms with Crippen LogP contribution in [0.2, 0.25) is 0 Å². The Kier molecular flexibility index (Phi) is 5.54. The van der Waals surface area contributed by atoms with Gasteiger partial charge in [-0.05, 0) is 35.7 Å². The molecule has 0 saturated heterocycles. The highest BCUT2D eigenvalue weighted by Gasteiger charge is 2.19. The summed E-state index contributed by atoms with van der Waals surface area (Å²) in [5.41, 5.74) is 2.84. The van der Waals surface area contributed by atoms with Crippen LogP contribution in [0.5, 0.6) is 5.75 Å². The standard InChI is InChI=1S/C16H13N.C12H7NO4/c1-2-9-14(10-3-1)17-16-12-6-8-13-7-4-5-11-15(13)16;14-7-1-3-9-11(5-7)17-12-6-8(15)2-4-10(12)13(9)16/h1-12,17H;1-6,14H.